The molecule has 70 heavy (non-hydrogen) atoms. The van der Waals surface area contributed by atoms with Gasteiger partial charge in [0.1, 0.15) is 13.2 Å². The van der Waals surface area contributed by atoms with Crippen molar-refractivity contribution in [3.63, 3.8) is 0 Å². The molecule has 0 heterocycles. The van der Waals surface area contributed by atoms with Gasteiger partial charge in [0.25, 0.3) is 0 Å². The largest absolute Gasteiger partial charge is 0.462 e. The molecule has 0 saturated carbocycles. The van der Waals surface area contributed by atoms with Gasteiger partial charge in [-0.25, -0.2) is 0 Å². The molecule has 0 aliphatic carbocycles. The SMILES string of the molecule is CC/C=C\C/C=C\C/C=C\C/C=C\CCCCCCCCCCCCC(=O)OCC(COC(=O)CCCCCCCCCC)OC(=O)CCCCCCCCCC/C=C\C/C=C\C/C=C\C/C=C\CC. The van der Waals surface area contributed by atoms with E-state index in [2.05, 4.69) is 118 Å². The Bertz CT molecular complexity index is 1400. The summed E-state index contributed by atoms with van der Waals surface area (Å²) in [5.41, 5.74) is 0. The van der Waals surface area contributed by atoms with Crippen LogP contribution in [0.3, 0.4) is 0 Å². The van der Waals surface area contributed by atoms with Gasteiger partial charge in [-0.05, 0) is 96.3 Å². The van der Waals surface area contributed by atoms with Crippen LogP contribution in [0.2, 0.25) is 0 Å². The Morgan fingerprint density at radius 1 is 0.300 bits per heavy atom. The van der Waals surface area contributed by atoms with E-state index in [1.807, 2.05) is 0 Å². The van der Waals surface area contributed by atoms with E-state index in [4.69, 9.17) is 14.2 Å². The third-order valence-electron chi connectivity index (χ3n) is 12.3. The first-order chi connectivity index (χ1) is 34.5. The molecule has 0 aromatic rings. The summed E-state index contributed by atoms with van der Waals surface area (Å²) in [6.07, 6.45) is 77.0. The molecule has 0 aromatic carbocycles. The van der Waals surface area contributed by atoms with E-state index in [-0.39, 0.29) is 31.1 Å². The number of carbonyl (C=O) groups is 3. The molecule has 6 nitrogen and oxygen atoms in total. The van der Waals surface area contributed by atoms with E-state index in [1.54, 1.807) is 0 Å². The molecule has 0 aromatic heterocycles. The summed E-state index contributed by atoms with van der Waals surface area (Å²) in [5, 5.41) is 0. The summed E-state index contributed by atoms with van der Waals surface area (Å²) < 4.78 is 16.8. The van der Waals surface area contributed by atoms with Gasteiger partial charge in [-0.15, -0.1) is 0 Å². The van der Waals surface area contributed by atoms with E-state index >= 15 is 0 Å². The maximum absolute atomic E-state index is 12.8. The Morgan fingerprint density at radius 2 is 0.557 bits per heavy atom. The molecule has 0 bridgehead atoms. The van der Waals surface area contributed by atoms with Crippen LogP contribution in [0.25, 0.3) is 0 Å². The van der Waals surface area contributed by atoms with Gasteiger partial charge in [-0.2, -0.15) is 0 Å². The average Bonchev–Trinajstić information content (AvgIpc) is 3.36. The van der Waals surface area contributed by atoms with E-state index in [1.165, 1.54) is 116 Å². The summed E-state index contributed by atoms with van der Waals surface area (Å²) in [7, 11) is 0. The molecule has 0 aliphatic heterocycles. The lowest BCUT2D eigenvalue weighted by Crippen LogP contribution is -2.30. The van der Waals surface area contributed by atoms with Crippen molar-refractivity contribution < 1.29 is 28.6 Å². The van der Waals surface area contributed by atoms with Crippen LogP contribution in [-0.4, -0.2) is 37.2 Å². The number of esters is 3. The molecule has 1 atom stereocenters. The fourth-order valence-corrected chi connectivity index (χ4v) is 8.01. The molecule has 6 heteroatoms. The van der Waals surface area contributed by atoms with Gasteiger partial charge in [0.2, 0.25) is 0 Å². The Morgan fingerprint density at radius 3 is 0.871 bits per heavy atom. The average molecular weight is 974 g/mol. The van der Waals surface area contributed by atoms with Crippen LogP contribution in [-0.2, 0) is 28.6 Å². The molecule has 0 spiro atoms. The molecule has 1 unspecified atom stereocenters. The number of hydrogen-bond donors (Lipinski definition) is 0. The van der Waals surface area contributed by atoms with Crippen LogP contribution in [0.15, 0.2) is 97.2 Å². The van der Waals surface area contributed by atoms with Crippen LogP contribution in [0.4, 0.5) is 0 Å². The predicted molar refractivity (Wildman–Crippen MR) is 302 cm³/mol. The number of allylic oxidation sites excluding steroid dienone is 16. The van der Waals surface area contributed by atoms with Crippen molar-refractivity contribution in [1.82, 2.24) is 0 Å². The molecule has 0 amide bonds. The zero-order valence-corrected chi connectivity index (χ0v) is 45.8. The second kappa shape index (κ2) is 57.9. The first-order valence-electron chi connectivity index (χ1n) is 29.2. The second-order valence-corrected chi connectivity index (χ2v) is 19.1. The Hall–Kier alpha value is -3.67. The third kappa shape index (κ3) is 55.3. The van der Waals surface area contributed by atoms with Gasteiger partial charge in [-0.1, -0.05) is 253 Å². The topological polar surface area (TPSA) is 78.9 Å². The van der Waals surface area contributed by atoms with E-state index in [0.29, 0.717) is 19.3 Å². The highest BCUT2D eigenvalue weighted by Crippen LogP contribution is 2.15. The molecular formula is C64H108O6. The van der Waals surface area contributed by atoms with Gasteiger partial charge in [0.05, 0.1) is 0 Å². The smallest absolute Gasteiger partial charge is 0.306 e. The Kier molecular flexibility index (Phi) is 54.9. The van der Waals surface area contributed by atoms with Crippen molar-refractivity contribution in [3.8, 4) is 0 Å². The summed E-state index contributed by atoms with van der Waals surface area (Å²) >= 11 is 0. The van der Waals surface area contributed by atoms with Crippen molar-refractivity contribution >= 4 is 17.9 Å². The molecule has 0 aliphatic rings. The van der Waals surface area contributed by atoms with Crippen LogP contribution < -0.4 is 0 Å². The number of hydrogen-bond acceptors (Lipinski definition) is 6. The van der Waals surface area contributed by atoms with Crippen LogP contribution in [0.5, 0.6) is 0 Å². The summed E-state index contributed by atoms with van der Waals surface area (Å²) in [6, 6.07) is 0. The van der Waals surface area contributed by atoms with Gasteiger partial charge in [0, 0.05) is 19.3 Å². The van der Waals surface area contributed by atoms with Crippen LogP contribution >= 0.6 is 0 Å². The summed E-state index contributed by atoms with van der Waals surface area (Å²) in [4.78, 5) is 38.1. The van der Waals surface area contributed by atoms with Gasteiger partial charge >= 0.3 is 17.9 Å². The zero-order valence-electron chi connectivity index (χ0n) is 45.8. The Labute approximate surface area is 432 Å². The monoisotopic (exact) mass is 973 g/mol. The molecule has 0 fully saturated rings. The van der Waals surface area contributed by atoms with E-state index in [0.717, 1.165) is 116 Å². The lowest BCUT2D eigenvalue weighted by atomic mass is 10.1. The maximum Gasteiger partial charge on any atom is 0.306 e. The number of unbranched alkanes of at least 4 members (excludes halogenated alkanes) is 25. The Balaban J connectivity index is 4.25. The fraction of sp³-hybridized carbons (Fsp3) is 0.703. The van der Waals surface area contributed by atoms with Gasteiger partial charge < -0.3 is 14.2 Å². The minimum Gasteiger partial charge on any atom is -0.462 e. The fourth-order valence-electron chi connectivity index (χ4n) is 8.01. The first-order valence-corrected chi connectivity index (χ1v) is 29.2. The normalized spacial score (nSPS) is 12.8. The van der Waals surface area contributed by atoms with Gasteiger partial charge in [-0.3, -0.25) is 14.4 Å². The number of ether oxygens (including phenoxy) is 3. The summed E-state index contributed by atoms with van der Waals surface area (Å²) in [6.45, 7) is 6.39. The first kappa shape index (κ1) is 66.3. The lowest BCUT2D eigenvalue weighted by Gasteiger charge is -2.18. The minimum atomic E-state index is -0.782. The van der Waals surface area contributed by atoms with Crippen LogP contribution in [0.1, 0.15) is 271 Å². The zero-order chi connectivity index (χ0) is 50.7. The number of rotatable bonds is 52. The quantitative estimate of drug-likeness (QED) is 0.0262. The highest BCUT2D eigenvalue weighted by Gasteiger charge is 2.19. The van der Waals surface area contributed by atoms with Crippen molar-refractivity contribution in [3.05, 3.63) is 97.2 Å². The molecule has 0 radical (unpaired) electrons. The molecule has 400 valence electrons. The second-order valence-electron chi connectivity index (χ2n) is 19.1. The minimum absolute atomic E-state index is 0.0809. The van der Waals surface area contributed by atoms with E-state index < -0.39 is 6.10 Å². The van der Waals surface area contributed by atoms with Crippen molar-refractivity contribution in [2.24, 2.45) is 0 Å². The molecule has 0 saturated heterocycles. The highest BCUT2D eigenvalue weighted by atomic mass is 16.6. The van der Waals surface area contributed by atoms with Crippen molar-refractivity contribution in [2.75, 3.05) is 13.2 Å². The number of carbonyl (C=O) groups excluding carboxylic acids is 3. The van der Waals surface area contributed by atoms with E-state index in [9.17, 15) is 14.4 Å². The highest BCUT2D eigenvalue weighted by molar-refractivity contribution is 5.71. The van der Waals surface area contributed by atoms with Crippen molar-refractivity contribution in [2.45, 2.75) is 277 Å². The van der Waals surface area contributed by atoms with Crippen LogP contribution in [0, 0.1) is 0 Å². The molecule has 0 N–H and O–H groups in total. The standard InChI is InChI=1S/C64H108O6/c1-4-7-10-13-16-19-21-23-25-27-29-31-32-34-35-37-39-41-43-45-48-51-54-57-63(66)69-60-61(59-68-62(65)56-53-50-47-18-15-12-9-6-3)70-64(67)58-55-52-49-46-44-42-40-38-36-33-30-28-26-24-22-20-17-14-11-8-5-2/h7-8,10-11,16-17,19-20,23-26,29-31,33,61H,4-6,9,12-15,18,21-22,27-28,32,34-60H2,1-3H3/b10-7-,11-8-,19-16-,20-17-,25-23-,26-24-,31-29-,33-30-. The maximum atomic E-state index is 12.8. The third-order valence-corrected chi connectivity index (χ3v) is 12.3. The predicted octanol–water partition coefficient (Wildman–Crippen LogP) is 19.7. The van der Waals surface area contributed by atoms with Crippen molar-refractivity contribution in [1.29, 1.82) is 0 Å². The molecule has 0 rings (SSSR count). The van der Waals surface area contributed by atoms with Gasteiger partial charge in [0.15, 0.2) is 6.10 Å². The summed E-state index contributed by atoms with van der Waals surface area (Å²) in [5.74, 6) is -0.894. The lowest BCUT2D eigenvalue weighted by molar-refractivity contribution is -0.167. The molecular weight excluding hydrogens is 865 g/mol.